The zero-order chi connectivity index (χ0) is 12.3. The van der Waals surface area contributed by atoms with Gasteiger partial charge in [0.15, 0.2) is 9.84 Å². The van der Waals surface area contributed by atoms with Gasteiger partial charge in [-0.15, -0.1) is 0 Å². The van der Waals surface area contributed by atoms with Crippen molar-refractivity contribution >= 4 is 9.84 Å². The molecule has 1 saturated carbocycles. The standard InChI is InChI=1S/C11H20O4S/c1-8(5-6-16(2,14)15)10(12)7-11(13)9-3-4-9/h5,9-13H,3-4,6-7H2,1-2H3/b8-5-/t10-,11+/m0/s1. The van der Waals surface area contributed by atoms with Crippen molar-refractivity contribution < 1.29 is 18.6 Å². The highest BCUT2D eigenvalue weighted by Gasteiger charge is 2.31. The summed E-state index contributed by atoms with van der Waals surface area (Å²) >= 11 is 0. The molecule has 0 aliphatic heterocycles. The number of hydrogen-bond acceptors (Lipinski definition) is 4. The summed E-state index contributed by atoms with van der Waals surface area (Å²) in [5, 5.41) is 19.4. The minimum Gasteiger partial charge on any atom is -0.393 e. The fourth-order valence-corrected chi connectivity index (χ4v) is 2.07. The monoisotopic (exact) mass is 248 g/mol. The van der Waals surface area contributed by atoms with Crippen molar-refractivity contribution in [2.24, 2.45) is 5.92 Å². The quantitative estimate of drug-likeness (QED) is 0.671. The Morgan fingerprint density at radius 3 is 2.44 bits per heavy atom. The number of aliphatic hydroxyl groups is 2. The molecule has 16 heavy (non-hydrogen) atoms. The molecule has 0 heterocycles. The Hall–Kier alpha value is -0.390. The van der Waals surface area contributed by atoms with Gasteiger partial charge >= 0.3 is 0 Å². The van der Waals surface area contributed by atoms with Gasteiger partial charge in [-0.25, -0.2) is 8.42 Å². The zero-order valence-corrected chi connectivity index (χ0v) is 10.6. The second-order valence-electron chi connectivity index (χ2n) is 4.70. The fraction of sp³-hybridized carbons (Fsp3) is 0.818. The lowest BCUT2D eigenvalue weighted by Crippen LogP contribution is -2.20. The molecule has 0 saturated heterocycles. The Morgan fingerprint density at radius 2 is 2.00 bits per heavy atom. The lowest BCUT2D eigenvalue weighted by Gasteiger charge is -2.15. The van der Waals surface area contributed by atoms with Crippen molar-refractivity contribution in [3.05, 3.63) is 11.6 Å². The average Bonchev–Trinajstić information content (AvgIpc) is 2.95. The molecule has 0 aromatic rings. The van der Waals surface area contributed by atoms with Gasteiger partial charge in [0.25, 0.3) is 0 Å². The van der Waals surface area contributed by atoms with Crippen LogP contribution in [0.2, 0.25) is 0 Å². The predicted molar refractivity (Wildman–Crippen MR) is 62.8 cm³/mol. The molecule has 0 spiro atoms. The second-order valence-corrected chi connectivity index (χ2v) is 6.88. The molecule has 0 aromatic heterocycles. The number of hydrogen-bond donors (Lipinski definition) is 2. The van der Waals surface area contributed by atoms with Gasteiger partial charge in [0.1, 0.15) is 0 Å². The highest BCUT2D eigenvalue weighted by molar-refractivity contribution is 7.90. The number of sulfone groups is 1. The molecule has 1 fully saturated rings. The minimum absolute atomic E-state index is 0.0601. The minimum atomic E-state index is -3.04. The van der Waals surface area contributed by atoms with E-state index in [2.05, 4.69) is 0 Å². The highest BCUT2D eigenvalue weighted by atomic mass is 32.2. The van der Waals surface area contributed by atoms with Crippen molar-refractivity contribution in [3.8, 4) is 0 Å². The third-order valence-corrected chi connectivity index (χ3v) is 3.64. The Kier molecular flexibility index (Phi) is 4.52. The van der Waals surface area contributed by atoms with E-state index in [9.17, 15) is 18.6 Å². The van der Waals surface area contributed by atoms with E-state index in [1.807, 2.05) is 0 Å². The molecule has 1 aliphatic rings. The van der Waals surface area contributed by atoms with Crippen LogP contribution in [0.1, 0.15) is 26.2 Å². The van der Waals surface area contributed by atoms with Crippen LogP contribution in [0, 0.1) is 5.92 Å². The molecule has 94 valence electrons. The van der Waals surface area contributed by atoms with Gasteiger partial charge in [-0.3, -0.25) is 0 Å². The molecule has 2 N–H and O–H groups in total. The van der Waals surface area contributed by atoms with Crippen LogP contribution in [-0.2, 0) is 9.84 Å². The molecular weight excluding hydrogens is 228 g/mol. The molecule has 0 unspecified atom stereocenters. The highest BCUT2D eigenvalue weighted by Crippen LogP contribution is 2.34. The zero-order valence-electron chi connectivity index (χ0n) is 9.76. The van der Waals surface area contributed by atoms with Gasteiger partial charge in [-0.1, -0.05) is 6.08 Å². The molecule has 0 amide bonds. The van der Waals surface area contributed by atoms with Crippen LogP contribution in [0.25, 0.3) is 0 Å². The molecular formula is C11H20O4S. The summed E-state index contributed by atoms with van der Waals surface area (Å²) in [5.74, 6) is 0.271. The summed E-state index contributed by atoms with van der Waals surface area (Å²) in [6.07, 6.45) is 3.83. The Morgan fingerprint density at radius 1 is 1.44 bits per heavy atom. The van der Waals surface area contributed by atoms with E-state index in [0.717, 1.165) is 19.1 Å². The summed E-state index contributed by atoms with van der Waals surface area (Å²) in [5.41, 5.74) is 0.616. The summed E-state index contributed by atoms with van der Waals surface area (Å²) in [6, 6.07) is 0. The van der Waals surface area contributed by atoms with E-state index < -0.39 is 22.0 Å². The van der Waals surface area contributed by atoms with E-state index >= 15 is 0 Å². The first-order valence-corrected chi connectivity index (χ1v) is 7.56. The van der Waals surface area contributed by atoms with Crippen LogP contribution < -0.4 is 0 Å². The molecule has 5 heteroatoms. The first kappa shape index (κ1) is 13.7. The molecule has 4 nitrogen and oxygen atoms in total. The predicted octanol–water partition coefficient (Wildman–Crippen LogP) is 0.499. The molecule has 2 atom stereocenters. The first-order chi connectivity index (χ1) is 7.29. The summed E-state index contributed by atoms with van der Waals surface area (Å²) in [4.78, 5) is 0. The molecule has 0 bridgehead atoms. The molecule has 0 radical (unpaired) electrons. The van der Waals surface area contributed by atoms with Crippen LogP contribution in [0.4, 0.5) is 0 Å². The van der Waals surface area contributed by atoms with E-state index in [1.165, 1.54) is 6.08 Å². The maximum atomic E-state index is 10.9. The van der Waals surface area contributed by atoms with E-state index in [-0.39, 0.29) is 5.75 Å². The summed E-state index contributed by atoms with van der Waals surface area (Å²) in [6.45, 7) is 1.69. The van der Waals surface area contributed by atoms with Crippen molar-refractivity contribution in [1.29, 1.82) is 0 Å². The van der Waals surface area contributed by atoms with Gasteiger partial charge in [0.2, 0.25) is 0 Å². The second kappa shape index (κ2) is 5.29. The van der Waals surface area contributed by atoms with Crippen molar-refractivity contribution in [3.63, 3.8) is 0 Å². The maximum absolute atomic E-state index is 10.9. The van der Waals surface area contributed by atoms with Crippen molar-refractivity contribution in [2.45, 2.75) is 38.4 Å². The Labute approximate surface area is 96.9 Å². The lowest BCUT2D eigenvalue weighted by molar-refractivity contribution is 0.0839. The third kappa shape index (κ3) is 5.09. The number of aliphatic hydroxyl groups excluding tert-OH is 2. The van der Waals surface area contributed by atoms with Gasteiger partial charge in [0.05, 0.1) is 18.0 Å². The molecule has 1 rings (SSSR count). The van der Waals surface area contributed by atoms with Gasteiger partial charge in [-0.2, -0.15) is 0 Å². The largest absolute Gasteiger partial charge is 0.393 e. The Bertz CT molecular complexity index is 354. The fourth-order valence-electron chi connectivity index (χ4n) is 1.51. The van der Waals surface area contributed by atoms with Gasteiger partial charge < -0.3 is 10.2 Å². The SMILES string of the molecule is C/C(=C/CS(C)(=O)=O)[C@@H](O)C[C@@H](O)C1CC1. The maximum Gasteiger partial charge on any atom is 0.151 e. The molecule has 0 aromatic carbocycles. The van der Waals surface area contributed by atoms with Crippen LogP contribution >= 0.6 is 0 Å². The van der Waals surface area contributed by atoms with E-state index in [4.69, 9.17) is 0 Å². The topological polar surface area (TPSA) is 74.6 Å². The van der Waals surface area contributed by atoms with E-state index in [0.29, 0.717) is 17.9 Å². The van der Waals surface area contributed by atoms with Crippen LogP contribution in [-0.4, -0.2) is 42.8 Å². The third-order valence-electron chi connectivity index (χ3n) is 2.86. The first-order valence-electron chi connectivity index (χ1n) is 5.50. The normalized spacial score (nSPS) is 21.9. The smallest absolute Gasteiger partial charge is 0.151 e. The lowest BCUT2D eigenvalue weighted by atomic mass is 10.0. The van der Waals surface area contributed by atoms with Gasteiger partial charge in [-0.05, 0) is 31.3 Å². The molecule has 1 aliphatic carbocycles. The Balaban J connectivity index is 2.42. The van der Waals surface area contributed by atoms with Crippen LogP contribution in [0.15, 0.2) is 11.6 Å². The van der Waals surface area contributed by atoms with Gasteiger partial charge in [0, 0.05) is 12.7 Å². The van der Waals surface area contributed by atoms with Crippen LogP contribution in [0.5, 0.6) is 0 Å². The van der Waals surface area contributed by atoms with Crippen molar-refractivity contribution in [2.75, 3.05) is 12.0 Å². The van der Waals surface area contributed by atoms with E-state index in [1.54, 1.807) is 6.92 Å². The number of rotatable bonds is 6. The average molecular weight is 248 g/mol. The summed E-state index contributed by atoms with van der Waals surface area (Å²) < 4.78 is 21.8. The summed E-state index contributed by atoms with van der Waals surface area (Å²) in [7, 11) is -3.04. The van der Waals surface area contributed by atoms with Crippen molar-refractivity contribution in [1.82, 2.24) is 0 Å². The van der Waals surface area contributed by atoms with Crippen LogP contribution in [0.3, 0.4) is 0 Å².